The molecular formula is C9H9N2O-. The second kappa shape index (κ2) is 3.67. The molecule has 1 unspecified atom stereocenters. The maximum atomic E-state index is 10.7. The van der Waals surface area contributed by atoms with Gasteiger partial charge in [0.05, 0.1) is 0 Å². The van der Waals surface area contributed by atoms with Crippen LogP contribution in [0.3, 0.4) is 0 Å². The third-order valence-electron chi connectivity index (χ3n) is 1.55. The summed E-state index contributed by atoms with van der Waals surface area (Å²) in [6.45, 7) is 3.27. The lowest BCUT2D eigenvalue weighted by Crippen LogP contribution is -2.23. The van der Waals surface area contributed by atoms with Gasteiger partial charge in [0.25, 0.3) is 0 Å². The van der Waals surface area contributed by atoms with Crippen LogP contribution in [0.5, 0.6) is 0 Å². The van der Waals surface area contributed by atoms with Gasteiger partial charge in [-0.15, -0.1) is 0 Å². The standard InChI is InChI=1S/C9H10N2O/c1-11-8(9(10)12)7-5-3-2-4-6-7/h2-6,8H,1H2,(H2,10,12)/p-1. The highest BCUT2D eigenvalue weighted by Gasteiger charge is 2.05. The molecule has 1 aromatic carbocycles. The Balaban J connectivity index is 2.95. The number of hydrogen-bond donors (Lipinski definition) is 1. The lowest BCUT2D eigenvalue weighted by Gasteiger charge is -2.16. The molecule has 0 saturated carbocycles. The van der Waals surface area contributed by atoms with Crippen molar-refractivity contribution < 1.29 is 5.11 Å². The van der Waals surface area contributed by atoms with Crippen LogP contribution in [-0.2, 0) is 0 Å². The first kappa shape index (κ1) is 8.46. The molecule has 3 heteroatoms. The van der Waals surface area contributed by atoms with Crippen molar-refractivity contribution in [2.75, 3.05) is 0 Å². The highest BCUT2D eigenvalue weighted by Crippen LogP contribution is 2.14. The zero-order chi connectivity index (χ0) is 8.97. The molecule has 3 nitrogen and oxygen atoms in total. The Morgan fingerprint density at radius 3 is 2.42 bits per heavy atom. The molecule has 0 aliphatic heterocycles. The fourth-order valence-electron chi connectivity index (χ4n) is 0.975. The summed E-state index contributed by atoms with van der Waals surface area (Å²) in [5.74, 6) is -0.726. The van der Waals surface area contributed by atoms with E-state index < -0.39 is 11.9 Å². The Kier molecular flexibility index (Phi) is 2.58. The van der Waals surface area contributed by atoms with E-state index in [9.17, 15) is 5.11 Å². The zero-order valence-electron chi connectivity index (χ0n) is 6.53. The fraction of sp³-hybridized carbons (Fsp3) is 0.111. The van der Waals surface area contributed by atoms with Crippen LogP contribution in [0, 0.1) is 5.41 Å². The van der Waals surface area contributed by atoms with Crippen LogP contribution in [0.15, 0.2) is 35.3 Å². The molecule has 0 aromatic heterocycles. The van der Waals surface area contributed by atoms with E-state index >= 15 is 0 Å². The van der Waals surface area contributed by atoms with E-state index in [4.69, 9.17) is 5.41 Å². The van der Waals surface area contributed by atoms with Gasteiger partial charge in [-0.2, -0.15) is 0 Å². The van der Waals surface area contributed by atoms with Crippen LogP contribution in [0.25, 0.3) is 0 Å². The molecule has 0 saturated heterocycles. The summed E-state index contributed by atoms with van der Waals surface area (Å²) in [7, 11) is 0. The minimum absolute atomic E-state index is 0.715. The van der Waals surface area contributed by atoms with E-state index in [0.29, 0.717) is 5.56 Å². The van der Waals surface area contributed by atoms with Crippen molar-refractivity contribution in [3.63, 3.8) is 0 Å². The fourth-order valence-corrected chi connectivity index (χ4v) is 0.975. The summed E-state index contributed by atoms with van der Waals surface area (Å²) in [5, 5.41) is 17.6. The van der Waals surface area contributed by atoms with E-state index in [1.807, 2.05) is 6.07 Å². The predicted molar refractivity (Wildman–Crippen MR) is 46.5 cm³/mol. The third-order valence-corrected chi connectivity index (χ3v) is 1.55. The van der Waals surface area contributed by atoms with Gasteiger partial charge in [-0.3, -0.25) is 4.99 Å². The molecule has 0 spiro atoms. The van der Waals surface area contributed by atoms with Crippen molar-refractivity contribution in [3.8, 4) is 0 Å². The number of nitrogens with one attached hydrogen (secondary N) is 1. The topological polar surface area (TPSA) is 59.3 Å². The normalized spacial score (nSPS) is 12.0. The zero-order valence-corrected chi connectivity index (χ0v) is 6.53. The molecule has 0 aliphatic carbocycles. The van der Waals surface area contributed by atoms with Gasteiger partial charge in [-0.1, -0.05) is 30.3 Å². The number of hydrogen-bond acceptors (Lipinski definition) is 3. The summed E-state index contributed by atoms with van der Waals surface area (Å²) in [5.41, 5.74) is 0.715. The van der Waals surface area contributed by atoms with Crippen LogP contribution in [0.2, 0.25) is 0 Å². The van der Waals surface area contributed by atoms with Gasteiger partial charge >= 0.3 is 0 Å². The molecule has 0 bridgehead atoms. The molecule has 12 heavy (non-hydrogen) atoms. The van der Waals surface area contributed by atoms with E-state index in [1.54, 1.807) is 24.3 Å². The molecule has 0 radical (unpaired) electrons. The third kappa shape index (κ3) is 1.69. The molecule has 0 aliphatic rings. The first-order valence-corrected chi connectivity index (χ1v) is 3.52. The first-order chi connectivity index (χ1) is 5.75. The average Bonchev–Trinajstić information content (AvgIpc) is 2.07. The summed E-state index contributed by atoms with van der Waals surface area (Å²) in [4.78, 5) is 3.57. The van der Waals surface area contributed by atoms with Gasteiger partial charge in [-0.25, -0.2) is 0 Å². The smallest absolute Gasteiger partial charge is 0.102 e. The minimum Gasteiger partial charge on any atom is -0.860 e. The van der Waals surface area contributed by atoms with Crippen molar-refractivity contribution in [2.45, 2.75) is 6.04 Å². The summed E-state index contributed by atoms with van der Waals surface area (Å²) >= 11 is 0. The molecule has 62 valence electrons. The largest absolute Gasteiger partial charge is 0.860 e. The maximum Gasteiger partial charge on any atom is 0.102 e. The van der Waals surface area contributed by atoms with Gasteiger partial charge < -0.3 is 10.5 Å². The van der Waals surface area contributed by atoms with E-state index in [1.165, 1.54) is 0 Å². The van der Waals surface area contributed by atoms with Gasteiger partial charge in [0, 0.05) is 0 Å². The van der Waals surface area contributed by atoms with Crippen LogP contribution in [0.4, 0.5) is 0 Å². The number of benzene rings is 1. The summed E-state index contributed by atoms with van der Waals surface area (Å²) in [6, 6.07) is 8.23. The van der Waals surface area contributed by atoms with Crippen LogP contribution < -0.4 is 5.11 Å². The summed E-state index contributed by atoms with van der Waals surface area (Å²) < 4.78 is 0. The number of aliphatic imine (C=N–C) groups is 1. The molecule has 1 N–H and O–H groups in total. The Bertz CT molecular complexity index is 282. The van der Waals surface area contributed by atoms with Crippen molar-refractivity contribution in [2.24, 2.45) is 4.99 Å². The highest BCUT2D eigenvalue weighted by molar-refractivity contribution is 5.77. The quantitative estimate of drug-likeness (QED) is 0.516. The van der Waals surface area contributed by atoms with Crippen molar-refractivity contribution in [3.05, 3.63) is 35.9 Å². The van der Waals surface area contributed by atoms with E-state index in [2.05, 4.69) is 11.7 Å². The maximum absolute atomic E-state index is 10.7. The lowest BCUT2D eigenvalue weighted by molar-refractivity contribution is -0.222. The van der Waals surface area contributed by atoms with Gasteiger partial charge in [-0.05, 0) is 18.2 Å². The van der Waals surface area contributed by atoms with E-state index in [0.717, 1.165) is 0 Å². The van der Waals surface area contributed by atoms with Crippen molar-refractivity contribution in [1.82, 2.24) is 0 Å². The molecule has 0 fully saturated rings. The van der Waals surface area contributed by atoms with Crippen LogP contribution in [-0.4, -0.2) is 12.6 Å². The Labute approximate surface area is 70.9 Å². The second-order valence-electron chi connectivity index (χ2n) is 2.36. The van der Waals surface area contributed by atoms with E-state index in [-0.39, 0.29) is 0 Å². The second-order valence-corrected chi connectivity index (χ2v) is 2.36. The molecular weight excluding hydrogens is 152 g/mol. The van der Waals surface area contributed by atoms with Crippen LogP contribution in [0.1, 0.15) is 11.6 Å². The highest BCUT2D eigenvalue weighted by atomic mass is 16.3. The monoisotopic (exact) mass is 161 g/mol. The molecule has 0 heterocycles. The Hall–Kier alpha value is -1.64. The number of nitrogens with zero attached hydrogens (tertiary/aromatic N) is 1. The van der Waals surface area contributed by atoms with Crippen molar-refractivity contribution in [1.29, 1.82) is 5.41 Å². The van der Waals surface area contributed by atoms with Crippen molar-refractivity contribution >= 4 is 12.6 Å². The van der Waals surface area contributed by atoms with Gasteiger partial charge in [0.15, 0.2) is 0 Å². The Morgan fingerprint density at radius 1 is 1.42 bits per heavy atom. The molecule has 0 amide bonds. The van der Waals surface area contributed by atoms with Gasteiger partial charge in [0.1, 0.15) is 6.04 Å². The van der Waals surface area contributed by atoms with Gasteiger partial charge in [0.2, 0.25) is 0 Å². The lowest BCUT2D eigenvalue weighted by atomic mass is 10.1. The predicted octanol–water partition coefficient (Wildman–Crippen LogP) is 0.766. The SMILES string of the molecule is C=NC(C(=N)[O-])c1ccccc1. The van der Waals surface area contributed by atoms with Crippen LogP contribution >= 0.6 is 0 Å². The average molecular weight is 161 g/mol. The molecule has 1 atom stereocenters. The first-order valence-electron chi connectivity index (χ1n) is 3.52. The minimum atomic E-state index is -0.730. The number of rotatable bonds is 3. The summed E-state index contributed by atoms with van der Waals surface area (Å²) in [6.07, 6.45) is 0. The Morgan fingerprint density at radius 2 is 2.00 bits per heavy atom. The molecule has 1 rings (SSSR count). The molecule has 1 aromatic rings.